The molecule has 0 aromatic heterocycles. The number of nitrogens with zero attached hydrogens (tertiary/aromatic N) is 1. The summed E-state index contributed by atoms with van der Waals surface area (Å²) in [7, 11) is 0. The quantitative estimate of drug-likeness (QED) is 0.878. The molecule has 0 spiro atoms. The van der Waals surface area contributed by atoms with Crippen LogP contribution < -0.4 is 5.32 Å². The van der Waals surface area contributed by atoms with Gasteiger partial charge in [0.15, 0.2) is 0 Å². The van der Waals surface area contributed by atoms with Crippen LogP contribution in [-0.2, 0) is 6.54 Å². The number of rotatable bonds is 3. The number of benzene rings is 1. The van der Waals surface area contributed by atoms with Crippen LogP contribution in [0.2, 0.25) is 0 Å². The van der Waals surface area contributed by atoms with E-state index in [9.17, 15) is 0 Å². The van der Waals surface area contributed by atoms with Gasteiger partial charge in [-0.15, -0.1) is 0 Å². The molecule has 1 saturated heterocycles. The largest absolute Gasteiger partial charge is 0.312 e. The van der Waals surface area contributed by atoms with Crippen molar-refractivity contribution < 1.29 is 0 Å². The second-order valence-electron chi connectivity index (χ2n) is 6.67. The molecule has 2 fully saturated rings. The Labute approximate surface area is 137 Å². The van der Waals surface area contributed by atoms with Gasteiger partial charge in [0.1, 0.15) is 0 Å². The lowest BCUT2D eigenvalue weighted by Gasteiger charge is -2.33. The van der Waals surface area contributed by atoms with Crippen LogP contribution >= 0.6 is 15.9 Å². The van der Waals surface area contributed by atoms with Crippen LogP contribution in [0.15, 0.2) is 28.7 Å². The molecule has 1 aliphatic heterocycles. The molecular formula is C18H27BrN2. The first-order valence-corrected chi connectivity index (χ1v) is 9.31. The van der Waals surface area contributed by atoms with Crippen molar-refractivity contribution in [3.8, 4) is 0 Å². The molecular weight excluding hydrogens is 324 g/mol. The Morgan fingerprint density at radius 3 is 2.57 bits per heavy atom. The van der Waals surface area contributed by atoms with Crippen LogP contribution in [0.4, 0.5) is 0 Å². The van der Waals surface area contributed by atoms with Gasteiger partial charge >= 0.3 is 0 Å². The minimum Gasteiger partial charge on any atom is -0.312 e. The molecule has 1 aromatic carbocycles. The summed E-state index contributed by atoms with van der Waals surface area (Å²) in [5.74, 6) is 0.907. The van der Waals surface area contributed by atoms with Gasteiger partial charge in [-0.1, -0.05) is 47.3 Å². The molecule has 1 saturated carbocycles. The molecule has 1 unspecified atom stereocenters. The number of hydrogen-bond donors (Lipinski definition) is 1. The molecule has 0 bridgehead atoms. The fourth-order valence-electron chi connectivity index (χ4n) is 3.87. The zero-order chi connectivity index (χ0) is 14.5. The molecule has 0 radical (unpaired) electrons. The predicted molar refractivity (Wildman–Crippen MR) is 92.4 cm³/mol. The van der Waals surface area contributed by atoms with Crippen LogP contribution in [0.25, 0.3) is 0 Å². The average molecular weight is 351 g/mol. The normalized spacial score (nSPS) is 25.7. The molecule has 1 N–H and O–H groups in total. The van der Waals surface area contributed by atoms with Crippen LogP contribution in [0.5, 0.6) is 0 Å². The van der Waals surface area contributed by atoms with Gasteiger partial charge in [0.2, 0.25) is 0 Å². The highest BCUT2D eigenvalue weighted by Gasteiger charge is 2.26. The molecule has 1 atom stereocenters. The van der Waals surface area contributed by atoms with Crippen molar-refractivity contribution >= 4 is 15.9 Å². The van der Waals surface area contributed by atoms with Crippen molar-refractivity contribution in [2.45, 2.75) is 51.1 Å². The summed E-state index contributed by atoms with van der Waals surface area (Å²) in [6.45, 7) is 4.74. The summed E-state index contributed by atoms with van der Waals surface area (Å²) < 4.78 is 1.17. The highest BCUT2D eigenvalue weighted by Crippen LogP contribution is 2.28. The predicted octanol–water partition coefficient (Wildman–Crippen LogP) is 4.19. The van der Waals surface area contributed by atoms with Crippen molar-refractivity contribution in [2.24, 2.45) is 5.92 Å². The van der Waals surface area contributed by atoms with Crippen LogP contribution in [-0.4, -0.2) is 30.6 Å². The molecule has 2 aliphatic rings. The summed E-state index contributed by atoms with van der Waals surface area (Å²) in [5, 5.41) is 3.83. The van der Waals surface area contributed by atoms with Crippen molar-refractivity contribution in [3.63, 3.8) is 0 Å². The smallest absolute Gasteiger partial charge is 0.0234 e. The maximum Gasteiger partial charge on any atom is 0.0234 e. The summed E-state index contributed by atoms with van der Waals surface area (Å²) in [5.41, 5.74) is 1.43. The van der Waals surface area contributed by atoms with Crippen molar-refractivity contribution in [2.75, 3.05) is 19.6 Å². The summed E-state index contributed by atoms with van der Waals surface area (Å²) in [6, 6.07) is 9.52. The van der Waals surface area contributed by atoms with E-state index in [0.29, 0.717) is 6.04 Å². The Balaban J connectivity index is 1.60. The lowest BCUT2D eigenvalue weighted by atomic mass is 9.83. The third-order valence-corrected chi connectivity index (χ3v) is 5.58. The second kappa shape index (κ2) is 7.75. The Bertz CT molecular complexity index is 425. The van der Waals surface area contributed by atoms with Gasteiger partial charge in [0.05, 0.1) is 0 Å². The van der Waals surface area contributed by atoms with Gasteiger partial charge < -0.3 is 5.32 Å². The van der Waals surface area contributed by atoms with Gasteiger partial charge in [0, 0.05) is 23.6 Å². The Hall–Kier alpha value is -0.380. The molecule has 3 heteroatoms. The van der Waals surface area contributed by atoms with E-state index >= 15 is 0 Å². The second-order valence-corrected chi connectivity index (χ2v) is 7.59. The van der Waals surface area contributed by atoms with Gasteiger partial charge in [-0.25, -0.2) is 0 Å². The zero-order valence-electron chi connectivity index (χ0n) is 12.9. The van der Waals surface area contributed by atoms with Gasteiger partial charge in [-0.3, -0.25) is 4.90 Å². The fraction of sp³-hybridized carbons (Fsp3) is 0.667. The van der Waals surface area contributed by atoms with E-state index in [1.807, 2.05) is 0 Å². The molecule has 1 aliphatic carbocycles. The highest BCUT2D eigenvalue weighted by atomic mass is 79.9. The van der Waals surface area contributed by atoms with Crippen LogP contribution in [0, 0.1) is 5.92 Å². The summed E-state index contributed by atoms with van der Waals surface area (Å²) >= 11 is 3.52. The van der Waals surface area contributed by atoms with E-state index in [4.69, 9.17) is 0 Å². The number of halogens is 1. The van der Waals surface area contributed by atoms with Gasteiger partial charge in [-0.05, 0) is 56.0 Å². The van der Waals surface area contributed by atoms with E-state index in [-0.39, 0.29) is 0 Å². The Morgan fingerprint density at radius 1 is 1.05 bits per heavy atom. The maximum atomic E-state index is 3.83. The number of nitrogens with one attached hydrogen (secondary N) is 1. The van der Waals surface area contributed by atoms with E-state index < -0.39 is 0 Å². The van der Waals surface area contributed by atoms with Gasteiger partial charge in [0.25, 0.3) is 0 Å². The van der Waals surface area contributed by atoms with E-state index in [0.717, 1.165) is 12.5 Å². The molecule has 21 heavy (non-hydrogen) atoms. The molecule has 2 nitrogen and oxygen atoms in total. The van der Waals surface area contributed by atoms with Crippen LogP contribution in [0.1, 0.15) is 44.1 Å². The SMILES string of the molecule is Brc1ccc(CN2CCCNC(C3CCCCC3)C2)cc1. The van der Waals surface area contributed by atoms with E-state index in [1.54, 1.807) is 0 Å². The molecule has 3 rings (SSSR count). The average Bonchev–Trinajstić information content (AvgIpc) is 2.76. The van der Waals surface area contributed by atoms with E-state index in [2.05, 4.69) is 50.4 Å². The summed E-state index contributed by atoms with van der Waals surface area (Å²) in [4.78, 5) is 2.66. The third kappa shape index (κ3) is 4.54. The molecule has 1 aromatic rings. The van der Waals surface area contributed by atoms with E-state index in [1.165, 1.54) is 68.2 Å². The maximum absolute atomic E-state index is 3.83. The lowest BCUT2D eigenvalue weighted by Crippen LogP contribution is -2.43. The standard InChI is InChI=1S/C18H27BrN2/c19-17-9-7-15(8-10-17)13-21-12-4-11-20-18(14-21)16-5-2-1-3-6-16/h7-10,16,18,20H,1-6,11-14H2. The van der Waals surface area contributed by atoms with Crippen molar-refractivity contribution in [3.05, 3.63) is 34.3 Å². The molecule has 1 heterocycles. The fourth-order valence-corrected chi connectivity index (χ4v) is 4.13. The van der Waals surface area contributed by atoms with Gasteiger partial charge in [-0.2, -0.15) is 0 Å². The monoisotopic (exact) mass is 350 g/mol. The number of hydrogen-bond acceptors (Lipinski definition) is 2. The minimum atomic E-state index is 0.711. The minimum absolute atomic E-state index is 0.711. The zero-order valence-corrected chi connectivity index (χ0v) is 14.4. The first-order valence-electron chi connectivity index (χ1n) is 8.51. The lowest BCUT2D eigenvalue weighted by molar-refractivity contribution is 0.201. The molecule has 116 valence electrons. The Kier molecular flexibility index (Phi) is 5.73. The topological polar surface area (TPSA) is 15.3 Å². The first-order chi connectivity index (χ1) is 10.3. The summed E-state index contributed by atoms with van der Waals surface area (Å²) in [6.07, 6.45) is 8.48. The van der Waals surface area contributed by atoms with Crippen molar-refractivity contribution in [1.29, 1.82) is 0 Å². The van der Waals surface area contributed by atoms with Crippen molar-refractivity contribution in [1.82, 2.24) is 10.2 Å². The Morgan fingerprint density at radius 2 is 1.81 bits per heavy atom. The third-order valence-electron chi connectivity index (χ3n) is 5.05. The molecule has 0 amide bonds. The van der Waals surface area contributed by atoms with Crippen LogP contribution in [0.3, 0.4) is 0 Å². The first kappa shape index (κ1) is 15.5. The highest BCUT2D eigenvalue weighted by molar-refractivity contribution is 9.10.